The van der Waals surface area contributed by atoms with Gasteiger partial charge in [0.2, 0.25) is 0 Å². The zero-order chi connectivity index (χ0) is 10.5. The number of rotatable bonds is 5. The molecule has 1 atom stereocenters. The second-order valence-corrected chi connectivity index (χ2v) is 5.16. The van der Waals surface area contributed by atoms with Gasteiger partial charge in [0.1, 0.15) is 0 Å². The monoisotopic (exact) mass is 238 g/mol. The first-order chi connectivity index (χ1) is 7.40. The Hall–Kier alpha value is -0.680. The summed E-state index contributed by atoms with van der Waals surface area (Å²) in [5.41, 5.74) is 4.28. The van der Waals surface area contributed by atoms with Gasteiger partial charge in [0, 0.05) is 4.88 Å². The van der Waals surface area contributed by atoms with Gasteiger partial charge in [0.05, 0.1) is 6.04 Å². The third kappa shape index (κ3) is 2.89. The quantitative estimate of drug-likeness (QED) is 0.621. The molecule has 3 N–H and O–H groups in total. The molecule has 0 aromatic carbocycles. The number of nitrogens with two attached hydrogens (primary N) is 1. The molecule has 80 valence electrons. The van der Waals surface area contributed by atoms with Crippen LogP contribution >= 0.6 is 22.7 Å². The van der Waals surface area contributed by atoms with E-state index in [0.29, 0.717) is 0 Å². The predicted molar refractivity (Wildman–Crippen MR) is 67.0 cm³/mol. The van der Waals surface area contributed by atoms with Gasteiger partial charge < -0.3 is 0 Å². The maximum atomic E-state index is 5.56. The van der Waals surface area contributed by atoms with E-state index in [2.05, 4.69) is 39.8 Å². The van der Waals surface area contributed by atoms with Crippen LogP contribution in [0.25, 0.3) is 0 Å². The van der Waals surface area contributed by atoms with Gasteiger partial charge in [-0.1, -0.05) is 6.07 Å². The van der Waals surface area contributed by atoms with Crippen molar-refractivity contribution in [1.82, 2.24) is 5.43 Å². The molecule has 0 spiro atoms. The van der Waals surface area contributed by atoms with Crippen LogP contribution in [0.2, 0.25) is 0 Å². The van der Waals surface area contributed by atoms with Crippen LogP contribution in [0.4, 0.5) is 0 Å². The number of thiophene rings is 2. The zero-order valence-corrected chi connectivity index (χ0v) is 9.98. The summed E-state index contributed by atoms with van der Waals surface area (Å²) in [6.45, 7) is 0. The molecule has 0 aliphatic heterocycles. The minimum Gasteiger partial charge on any atom is -0.271 e. The molecule has 0 saturated carbocycles. The van der Waals surface area contributed by atoms with E-state index in [1.54, 1.807) is 22.7 Å². The zero-order valence-electron chi connectivity index (χ0n) is 8.35. The fourth-order valence-electron chi connectivity index (χ4n) is 1.54. The van der Waals surface area contributed by atoms with Crippen LogP contribution in [-0.2, 0) is 6.42 Å². The number of hydrazine groups is 1. The van der Waals surface area contributed by atoms with E-state index >= 15 is 0 Å². The molecule has 0 aliphatic rings. The number of aryl methyl sites for hydroxylation is 1. The van der Waals surface area contributed by atoms with Gasteiger partial charge in [0.25, 0.3) is 0 Å². The van der Waals surface area contributed by atoms with Crippen molar-refractivity contribution in [1.29, 1.82) is 0 Å². The van der Waals surface area contributed by atoms with E-state index in [1.807, 2.05) is 0 Å². The predicted octanol–water partition coefficient (Wildman–Crippen LogP) is 2.95. The molecular formula is C11H14N2S2. The van der Waals surface area contributed by atoms with E-state index in [1.165, 1.54) is 10.4 Å². The molecule has 2 aromatic rings. The Labute approximate surface area is 97.7 Å². The normalized spacial score (nSPS) is 12.9. The van der Waals surface area contributed by atoms with Gasteiger partial charge in [-0.15, -0.1) is 11.3 Å². The van der Waals surface area contributed by atoms with E-state index in [4.69, 9.17) is 5.84 Å². The Morgan fingerprint density at radius 1 is 1.33 bits per heavy atom. The van der Waals surface area contributed by atoms with Crippen molar-refractivity contribution in [2.45, 2.75) is 18.9 Å². The molecule has 2 heterocycles. The molecule has 0 radical (unpaired) electrons. The lowest BCUT2D eigenvalue weighted by Crippen LogP contribution is -2.27. The molecule has 0 bridgehead atoms. The van der Waals surface area contributed by atoms with Crippen LogP contribution in [-0.4, -0.2) is 0 Å². The Bertz CT molecular complexity index is 367. The van der Waals surface area contributed by atoms with Crippen molar-refractivity contribution in [2.24, 2.45) is 5.84 Å². The second-order valence-electron chi connectivity index (χ2n) is 3.40. The highest BCUT2D eigenvalue weighted by atomic mass is 32.1. The SMILES string of the molecule is NNC(CCc1ccsc1)c1cccs1. The third-order valence-electron chi connectivity index (χ3n) is 2.39. The van der Waals surface area contributed by atoms with Gasteiger partial charge in [0.15, 0.2) is 0 Å². The van der Waals surface area contributed by atoms with Gasteiger partial charge in [-0.3, -0.25) is 11.3 Å². The summed E-state index contributed by atoms with van der Waals surface area (Å²) < 4.78 is 0. The van der Waals surface area contributed by atoms with Crippen LogP contribution in [0.15, 0.2) is 34.3 Å². The maximum absolute atomic E-state index is 5.56. The summed E-state index contributed by atoms with van der Waals surface area (Å²) in [5, 5.41) is 6.40. The van der Waals surface area contributed by atoms with Crippen molar-refractivity contribution in [3.8, 4) is 0 Å². The fraction of sp³-hybridized carbons (Fsp3) is 0.273. The smallest absolute Gasteiger partial charge is 0.0556 e. The summed E-state index contributed by atoms with van der Waals surface area (Å²) in [5.74, 6) is 5.56. The first-order valence-electron chi connectivity index (χ1n) is 4.91. The lowest BCUT2D eigenvalue weighted by atomic mass is 10.1. The summed E-state index contributed by atoms with van der Waals surface area (Å²) in [6.07, 6.45) is 2.13. The Balaban J connectivity index is 1.92. The standard InChI is InChI=1S/C11H14N2S2/c12-13-10(11-2-1-6-15-11)4-3-9-5-7-14-8-9/h1-2,5-8,10,13H,3-4,12H2. The summed E-state index contributed by atoms with van der Waals surface area (Å²) in [6, 6.07) is 6.65. The van der Waals surface area contributed by atoms with Crippen LogP contribution in [0.5, 0.6) is 0 Å². The summed E-state index contributed by atoms with van der Waals surface area (Å²) in [4.78, 5) is 1.31. The topological polar surface area (TPSA) is 38.0 Å². The summed E-state index contributed by atoms with van der Waals surface area (Å²) >= 11 is 3.50. The highest BCUT2D eigenvalue weighted by Crippen LogP contribution is 2.23. The van der Waals surface area contributed by atoms with Crippen LogP contribution in [0, 0.1) is 0 Å². The molecule has 0 fully saturated rings. The van der Waals surface area contributed by atoms with Gasteiger partial charge >= 0.3 is 0 Å². The maximum Gasteiger partial charge on any atom is 0.0556 e. The Morgan fingerprint density at radius 3 is 2.87 bits per heavy atom. The summed E-state index contributed by atoms with van der Waals surface area (Å²) in [7, 11) is 0. The van der Waals surface area contributed by atoms with Gasteiger partial charge in [-0.25, -0.2) is 0 Å². The lowest BCUT2D eigenvalue weighted by Gasteiger charge is -2.13. The molecular weight excluding hydrogens is 224 g/mol. The molecule has 2 nitrogen and oxygen atoms in total. The Morgan fingerprint density at radius 2 is 2.27 bits per heavy atom. The highest BCUT2D eigenvalue weighted by Gasteiger charge is 2.10. The number of hydrogen-bond donors (Lipinski definition) is 2. The van der Waals surface area contributed by atoms with Crippen molar-refractivity contribution >= 4 is 22.7 Å². The minimum atomic E-state index is 0.282. The van der Waals surface area contributed by atoms with Crippen LogP contribution in [0.3, 0.4) is 0 Å². The average Bonchev–Trinajstić information content (AvgIpc) is 2.90. The van der Waals surface area contributed by atoms with E-state index in [9.17, 15) is 0 Å². The largest absolute Gasteiger partial charge is 0.271 e. The molecule has 4 heteroatoms. The lowest BCUT2D eigenvalue weighted by molar-refractivity contribution is 0.524. The molecule has 0 amide bonds. The first-order valence-corrected chi connectivity index (χ1v) is 6.73. The first kappa shape index (κ1) is 10.8. The number of hydrogen-bond acceptors (Lipinski definition) is 4. The van der Waals surface area contributed by atoms with Gasteiger partial charge in [-0.2, -0.15) is 11.3 Å². The van der Waals surface area contributed by atoms with Crippen molar-refractivity contribution in [3.63, 3.8) is 0 Å². The van der Waals surface area contributed by atoms with E-state index < -0.39 is 0 Å². The fourth-order valence-corrected chi connectivity index (χ4v) is 3.07. The molecule has 15 heavy (non-hydrogen) atoms. The molecule has 2 aromatic heterocycles. The average molecular weight is 238 g/mol. The highest BCUT2D eigenvalue weighted by molar-refractivity contribution is 7.10. The van der Waals surface area contributed by atoms with Crippen molar-refractivity contribution in [2.75, 3.05) is 0 Å². The molecule has 1 unspecified atom stereocenters. The van der Waals surface area contributed by atoms with Crippen LogP contribution in [0.1, 0.15) is 22.9 Å². The van der Waals surface area contributed by atoms with Crippen molar-refractivity contribution in [3.05, 3.63) is 44.8 Å². The molecule has 0 aliphatic carbocycles. The van der Waals surface area contributed by atoms with Gasteiger partial charge in [-0.05, 0) is 46.7 Å². The minimum absolute atomic E-state index is 0.282. The number of nitrogens with one attached hydrogen (secondary N) is 1. The Kier molecular flexibility index (Phi) is 3.91. The van der Waals surface area contributed by atoms with E-state index in [-0.39, 0.29) is 6.04 Å². The van der Waals surface area contributed by atoms with Crippen molar-refractivity contribution < 1.29 is 0 Å². The van der Waals surface area contributed by atoms with E-state index in [0.717, 1.165) is 12.8 Å². The molecule has 0 saturated heterocycles. The third-order valence-corrected chi connectivity index (χ3v) is 4.11. The second kappa shape index (κ2) is 5.42. The molecule has 2 rings (SSSR count). The van der Waals surface area contributed by atoms with Crippen LogP contribution < -0.4 is 11.3 Å².